The van der Waals surface area contributed by atoms with E-state index in [0.717, 1.165) is 135 Å². The van der Waals surface area contributed by atoms with Gasteiger partial charge in [0.05, 0.1) is 52.2 Å². The number of benzene rings is 1. The lowest BCUT2D eigenvalue weighted by molar-refractivity contribution is 0.409. The first kappa shape index (κ1) is 38.7. The number of ether oxygens (including phenoxy) is 1. The highest BCUT2D eigenvalue weighted by molar-refractivity contribution is 9.10. The van der Waals surface area contributed by atoms with Gasteiger partial charge in [0.15, 0.2) is 5.75 Å². The average molecular weight is 888 g/mol. The number of aromatic nitrogens is 8. The van der Waals surface area contributed by atoms with Gasteiger partial charge in [-0.15, -0.1) is 0 Å². The van der Waals surface area contributed by atoms with E-state index in [1.165, 1.54) is 0 Å². The van der Waals surface area contributed by atoms with Gasteiger partial charge in [0.1, 0.15) is 0 Å². The molecule has 6 aromatic heterocycles. The van der Waals surface area contributed by atoms with Crippen molar-refractivity contribution in [2.24, 2.45) is 0 Å². The Morgan fingerprint density at radius 3 is 1.83 bits per heavy atom. The molecule has 9 nitrogen and oxygen atoms in total. The summed E-state index contributed by atoms with van der Waals surface area (Å²) in [5.74, 6) is 7.72. The van der Waals surface area contributed by atoms with Crippen molar-refractivity contribution in [3.8, 4) is 28.7 Å². The molecule has 0 spiro atoms. The minimum absolute atomic E-state index is 0.167. The number of nitrogens with one attached hydrogen (secondary N) is 4. The fourth-order valence-corrected chi connectivity index (χ4v) is 9.40. The van der Waals surface area contributed by atoms with Gasteiger partial charge < -0.3 is 24.7 Å². The molecular formula is C53H43BrN8O. The third kappa shape index (κ3) is 7.38. The zero-order valence-corrected chi connectivity index (χ0v) is 37.1. The molecule has 0 amide bonds. The zero-order chi connectivity index (χ0) is 43.0. The normalized spacial score (nSPS) is 14.7. The first-order valence-corrected chi connectivity index (χ1v) is 21.9. The van der Waals surface area contributed by atoms with Crippen LogP contribution in [0.1, 0.15) is 84.4 Å². The van der Waals surface area contributed by atoms with E-state index in [1.54, 1.807) is 7.11 Å². The summed E-state index contributed by atoms with van der Waals surface area (Å²) in [6.07, 6.45) is 9.76. The predicted octanol–water partition coefficient (Wildman–Crippen LogP) is 12.2. The number of H-pyrrole nitrogens is 4. The first-order valence-electron chi connectivity index (χ1n) is 21.1. The number of fused-ring (bicyclic) bond motifs is 16. The van der Waals surface area contributed by atoms with Crippen LogP contribution in [0.4, 0.5) is 0 Å². The maximum atomic E-state index is 6.03. The van der Waals surface area contributed by atoms with E-state index >= 15 is 0 Å². The second-order valence-corrected chi connectivity index (χ2v) is 18.8. The third-order valence-electron chi connectivity index (χ3n) is 12.1. The monoisotopic (exact) mass is 886 g/mol. The summed E-state index contributed by atoms with van der Waals surface area (Å²) in [5, 5.41) is 0. The lowest BCUT2D eigenvalue weighted by atomic mass is 9.87. The molecule has 10 heterocycles. The Hall–Kier alpha value is -7.22. The van der Waals surface area contributed by atoms with E-state index in [9.17, 15) is 0 Å². The van der Waals surface area contributed by atoms with Gasteiger partial charge in [-0.3, -0.25) is 9.97 Å². The van der Waals surface area contributed by atoms with Crippen LogP contribution in [-0.2, 0) is 23.7 Å². The fraction of sp³-hybridized carbons (Fsp3) is 0.170. The Labute approximate surface area is 372 Å². The van der Waals surface area contributed by atoms with Crippen molar-refractivity contribution in [2.75, 3.05) is 7.11 Å². The highest BCUT2D eigenvalue weighted by Crippen LogP contribution is 2.39. The van der Waals surface area contributed by atoms with Crippen molar-refractivity contribution in [3.05, 3.63) is 158 Å². The molecule has 4 aliphatic heterocycles. The van der Waals surface area contributed by atoms with Crippen LogP contribution < -0.4 is 4.74 Å². The van der Waals surface area contributed by atoms with Gasteiger partial charge >= 0.3 is 0 Å². The highest BCUT2D eigenvalue weighted by atomic mass is 79.9. The quantitative estimate of drug-likeness (QED) is 0.129. The minimum atomic E-state index is -0.220. The maximum absolute atomic E-state index is 6.03. The Morgan fingerprint density at radius 1 is 0.571 bits per heavy atom. The molecule has 0 fully saturated rings. The van der Waals surface area contributed by atoms with Crippen LogP contribution >= 0.6 is 15.9 Å². The van der Waals surface area contributed by atoms with E-state index in [0.29, 0.717) is 0 Å². The summed E-state index contributed by atoms with van der Waals surface area (Å²) in [7, 11) is 1.71. The molecule has 1 aromatic carbocycles. The van der Waals surface area contributed by atoms with E-state index in [4.69, 9.17) is 24.7 Å². The largest absolute Gasteiger partial charge is 0.493 e. The zero-order valence-electron chi connectivity index (χ0n) is 35.5. The van der Waals surface area contributed by atoms with Crippen molar-refractivity contribution in [1.29, 1.82) is 0 Å². The van der Waals surface area contributed by atoms with Gasteiger partial charge in [-0.05, 0) is 131 Å². The number of halogens is 1. The predicted molar refractivity (Wildman–Crippen MR) is 259 cm³/mol. The summed E-state index contributed by atoms with van der Waals surface area (Å²) >= 11 is 3.79. The highest BCUT2D eigenvalue weighted by Gasteiger charge is 2.32. The summed E-state index contributed by atoms with van der Waals surface area (Å²) in [5.41, 5.74) is 18.3. The molecule has 308 valence electrons. The van der Waals surface area contributed by atoms with Crippen LogP contribution in [0, 0.1) is 11.8 Å². The van der Waals surface area contributed by atoms with Crippen molar-refractivity contribution >= 4 is 84.4 Å². The molecular weight excluding hydrogens is 845 g/mol. The van der Waals surface area contributed by atoms with Crippen LogP contribution in [0.25, 0.3) is 79.6 Å². The van der Waals surface area contributed by atoms with Gasteiger partial charge in [-0.2, -0.15) is 0 Å². The van der Waals surface area contributed by atoms with E-state index < -0.39 is 0 Å². The Balaban J connectivity index is 1.03. The van der Waals surface area contributed by atoms with Crippen molar-refractivity contribution in [2.45, 2.75) is 51.4 Å². The number of methoxy groups -OCH3 is 1. The lowest BCUT2D eigenvalue weighted by Crippen LogP contribution is -2.15. The van der Waals surface area contributed by atoms with E-state index in [-0.39, 0.29) is 10.8 Å². The molecule has 11 rings (SSSR count). The third-order valence-corrected chi connectivity index (χ3v) is 12.7. The molecule has 0 radical (unpaired) electrons. The van der Waals surface area contributed by atoms with Crippen molar-refractivity contribution in [1.82, 2.24) is 39.9 Å². The van der Waals surface area contributed by atoms with Crippen LogP contribution in [0.3, 0.4) is 0 Å². The Bertz CT molecular complexity index is 3440. The van der Waals surface area contributed by atoms with Crippen LogP contribution in [0.15, 0.2) is 102 Å². The van der Waals surface area contributed by atoms with E-state index in [2.05, 4.69) is 197 Å². The fourth-order valence-electron chi connectivity index (χ4n) is 8.87. The molecule has 63 heavy (non-hydrogen) atoms. The van der Waals surface area contributed by atoms with Crippen LogP contribution in [0.5, 0.6) is 5.75 Å². The van der Waals surface area contributed by atoms with Crippen molar-refractivity contribution < 1.29 is 4.74 Å². The van der Waals surface area contributed by atoms with Crippen LogP contribution in [0.2, 0.25) is 0 Å². The van der Waals surface area contributed by atoms with Gasteiger partial charge in [0.25, 0.3) is 0 Å². The molecule has 16 bridgehead atoms. The molecule has 0 saturated heterocycles. The number of rotatable bonds is 2. The second kappa shape index (κ2) is 14.7. The summed E-state index contributed by atoms with van der Waals surface area (Å²) in [6, 6.07) is 33.5. The van der Waals surface area contributed by atoms with Gasteiger partial charge in [0.2, 0.25) is 0 Å². The number of hydrogen-bond acceptors (Lipinski definition) is 5. The molecule has 0 saturated carbocycles. The number of nitrogens with zero attached hydrogens (tertiary/aromatic N) is 4. The molecule has 10 heteroatoms. The number of hydrogen-bond donors (Lipinski definition) is 4. The lowest BCUT2D eigenvalue weighted by Gasteiger charge is -2.16. The summed E-state index contributed by atoms with van der Waals surface area (Å²) in [4.78, 5) is 34.7. The minimum Gasteiger partial charge on any atom is -0.493 e. The molecule has 4 aliphatic rings. The standard InChI is InChI=1S/C53H43BrN8O/c1-52(2)28-41-25-45-32(20-39(59-45)26-48-53(3,4)29-46(62-48)51(63-5)50-42(54)24-40(61-50)27-47(52)60-41)11-8-30-6-9-31(10-7-30)49-43-18-16-37(57-43)22-35-14-12-33(55-35)21-34-13-15-36(56-34)23-38-17-19-44(49)58-38/h6-7,9-10,12-27,55-56,59,61H,28-29H2,1-5H3. The second-order valence-electron chi connectivity index (χ2n) is 17.9. The Kier molecular flexibility index (Phi) is 9.03. The topological polar surface area (TPSA) is 124 Å². The molecule has 4 N–H and O–H groups in total. The van der Waals surface area contributed by atoms with Gasteiger partial charge in [-0.1, -0.05) is 51.7 Å². The average Bonchev–Trinajstić information content (AvgIpc) is 4.11. The maximum Gasteiger partial charge on any atom is 0.164 e. The van der Waals surface area contributed by atoms with Gasteiger partial charge in [-0.25, -0.2) is 9.97 Å². The van der Waals surface area contributed by atoms with Gasteiger partial charge in [0, 0.05) is 89.5 Å². The molecule has 0 atom stereocenters. The first-order chi connectivity index (χ1) is 30.4. The molecule has 0 unspecified atom stereocenters. The summed E-state index contributed by atoms with van der Waals surface area (Å²) in [6.45, 7) is 8.92. The Morgan fingerprint density at radius 2 is 1.17 bits per heavy atom. The molecule has 0 aliphatic carbocycles. The smallest absolute Gasteiger partial charge is 0.164 e. The van der Waals surface area contributed by atoms with Crippen LogP contribution in [-0.4, -0.2) is 47.0 Å². The summed E-state index contributed by atoms with van der Waals surface area (Å²) < 4.78 is 6.96. The van der Waals surface area contributed by atoms with Crippen molar-refractivity contribution in [3.63, 3.8) is 0 Å². The SMILES string of the molecule is COc1c2nc(cc3cc(C#Cc4ccc(-c5c6nc(cc7ccc(cc8ccc(cc9nc5C=C9)[nH]8)[nH]7)C=C6)cc4)c(cc4nc(cc5cc(Br)c1[nH]5)C(C)(C)C4)[nH]3)C(C)(C)C2. The van der Waals surface area contributed by atoms with E-state index in [1.807, 2.05) is 0 Å². The number of aromatic amines is 4. The molecule has 7 aromatic rings.